The molecule has 1 aliphatic heterocycles. The highest BCUT2D eigenvalue weighted by Crippen LogP contribution is 2.16. The standard InChI is InChI=1S/C13H21N5O2/c1-16(2)11-5-6-14-13(15-11)18-7-8-20-10(9-18)12(19)17(3)4/h5-6,10H,7-9H2,1-4H3. The summed E-state index contributed by atoms with van der Waals surface area (Å²) in [6.07, 6.45) is 1.28. The molecular weight excluding hydrogens is 258 g/mol. The number of ether oxygens (including phenoxy) is 1. The number of hydrogen-bond acceptors (Lipinski definition) is 6. The van der Waals surface area contributed by atoms with E-state index < -0.39 is 6.10 Å². The quantitative estimate of drug-likeness (QED) is 0.766. The van der Waals surface area contributed by atoms with Crippen LogP contribution in [0.3, 0.4) is 0 Å². The van der Waals surface area contributed by atoms with Crippen LogP contribution in [0.2, 0.25) is 0 Å². The lowest BCUT2D eigenvalue weighted by molar-refractivity contribution is -0.141. The molecule has 0 aliphatic carbocycles. The number of anilines is 2. The van der Waals surface area contributed by atoms with Crippen molar-refractivity contribution in [2.75, 3.05) is 57.7 Å². The van der Waals surface area contributed by atoms with E-state index in [2.05, 4.69) is 9.97 Å². The summed E-state index contributed by atoms with van der Waals surface area (Å²) in [5, 5.41) is 0. The summed E-state index contributed by atoms with van der Waals surface area (Å²) in [7, 11) is 7.33. The van der Waals surface area contributed by atoms with Gasteiger partial charge in [0.1, 0.15) is 5.82 Å². The third kappa shape index (κ3) is 3.16. The zero-order chi connectivity index (χ0) is 14.7. The lowest BCUT2D eigenvalue weighted by Gasteiger charge is -2.33. The third-order valence-electron chi connectivity index (χ3n) is 3.15. The lowest BCUT2D eigenvalue weighted by Crippen LogP contribution is -2.50. The average Bonchev–Trinajstić information content (AvgIpc) is 2.46. The molecule has 0 aromatic carbocycles. The van der Waals surface area contributed by atoms with E-state index in [1.54, 1.807) is 25.2 Å². The number of rotatable bonds is 3. The second-order valence-corrected chi connectivity index (χ2v) is 5.15. The molecule has 7 nitrogen and oxygen atoms in total. The Balaban J connectivity index is 2.12. The van der Waals surface area contributed by atoms with Crippen LogP contribution in [-0.2, 0) is 9.53 Å². The van der Waals surface area contributed by atoms with Gasteiger partial charge in [-0.3, -0.25) is 4.79 Å². The predicted octanol–water partition coefficient (Wildman–Crippen LogP) is -0.164. The normalized spacial score (nSPS) is 18.8. The molecule has 2 heterocycles. The van der Waals surface area contributed by atoms with Crippen molar-refractivity contribution in [3.8, 4) is 0 Å². The lowest BCUT2D eigenvalue weighted by atomic mass is 10.2. The second kappa shape index (κ2) is 6.04. The van der Waals surface area contributed by atoms with E-state index in [0.717, 1.165) is 5.82 Å². The van der Waals surface area contributed by atoms with Crippen LogP contribution >= 0.6 is 0 Å². The Morgan fingerprint density at radius 3 is 2.80 bits per heavy atom. The van der Waals surface area contributed by atoms with Crippen LogP contribution in [0.5, 0.6) is 0 Å². The van der Waals surface area contributed by atoms with Crippen LogP contribution < -0.4 is 9.80 Å². The van der Waals surface area contributed by atoms with Crippen molar-refractivity contribution in [1.82, 2.24) is 14.9 Å². The van der Waals surface area contributed by atoms with Gasteiger partial charge in [0.25, 0.3) is 5.91 Å². The highest BCUT2D eigenvalue weighted by atomic mass is 16.5. The molecule has 1 unspecified atom stereocenters. The Morgan fingerprint density at radius 2 is 2.15 bits per heavy atom. The number of carbonyl (C=O) groups excluding carboxylic acids is 1. The van der Waals surface area contributed by atoms with Crippen LogP contribution in [0.1, 0.15) is 0 Å². The zero-order valence-electron chi connectivity index (χ0n) is 12.4. The number of amides is 1. The second-order valence-electron chi connectivity index (χ2n) is 5.15. The largest absolute Gasteiger partial charge is 0.365 e. The summed E-state index contributed by atoms with van der Waals surface area (Å²) >= 11 is 0. The van der Waals surface area contributed by atoms with E-state index in [9.17, 15) is 4.79 Å². The van der Waals surface area contributed by atoms with E-state index in [4.69, 9.17) is 4.74 Å². The van der Waals surface area contributed by atoms with Crippen LogP contribution in [0.25, 0.3) is 0 Å². The molecule has 7 heteroatoms. The molecule has 0 bridgehead atoms. The Labute approximate surface area is 119 Å². The summed E-state index contributed by atoms with van der Waals surface area (Å²) < 4.78 is 5.53. The van der Waals surface area contributed by atoms with Crippen LogP contribution in [0.4, 0.5) is 11.8 Å². The summed E-state index contributed by atoms with van der Waals surface area (Å²) in [4.78, 5) is 26.2. The van der Waals surface area contributed by atoms with Crippen molar-refractivity contribution in [2.45, 2.75) is 6.10 Å². The van der Waals surface area contributed by atoms with Crippen LogP contribution in [0, 0.1) is 0 Å². The Bertz CT molecular complexity index is 478. The Morgan fingerprint density at radius 1 is 1.40 bits per heavy atom. The highest BCUT2D eigenvalue weighted by Gasteiger charge is 2.29. The van der Waals surface area contributed by atoms with Crippen molar-refractivity contribution >= 4 is 17.7 Å². The molecule has 1 aliphatic rings. The first-order valence-electron chi connectivity index (χ1n) is 6.57. The van der Waals surface area contributed by atoms with Gasteiger partial charge in [-0.05, 0) is 6.07 Å². The minimum absolute atomic E-state index is 0.0292. The molecule has 20 heavy (non-hydrogen) atoms. The fraction of sp³-hybridized carbons (Fsp3) is 0.615. The maximum atomic E-state index is 12.0. The van der Waals surface area contributed by atoms with Gasteiger partial charge in [0, 0.05) is 40.9 Å². The van der Waals surface area contributed by atoms with E-state index in [-0.39, 0.29) is 5.91 Å². The molecule has 110 valence electrons. The molecule has 1 amide bonds. The maximum absolute atomic E-state index is 12.0. The van der Waals surface area contributed by atoms with Gasteiger partial charge in [-0.1, -0.05) is 0 Å². The molecule has 1 aromatic heterocycles. The van der Waals surface area contributed by atoms with Gasteiger partial charge in [0.15, 0.2) is 6.10 Å². The first kappa shape index (κ1) is 14.5. The van der Waals surface area contributed by atoms with Crippen LogP contribution in [0.15, 0.2) is 12.3 Å². The van der Waals surface area contributed by atoms with Gasteiger partial charge in [-0.25, -0.2) is 4.98 Å². The number of carbonyl (C=O) groups is 1. The summed E-state index contributed by atoms with van der Waals surface area (Å²) in [5.74, 6) is 1.45. The van der Waals surface area contributed by atoms with Crippen molar-refractivity contribution < 1.29 is 9.53 Å². The van der Waals surface area contributed by atoms with E-state index in [0.29, 0.717) is 25.6 Å². The zero-order valence-corrected chi connectivity index (χ0v) is 12.4. The van der Waals surface area contributed by atoms with Gasteiger partial charge >= 0.3 is 0 Å². The van der Waals surface area contributed by atoms with E-state index >= 15 is 0 Å². The Hall–Kier alpha value is -1.89. The Kier molecular flexibility index (Phi) is 4.39. The van der Waals surface area contributed by atoms with E-state index in [1.165, 1.54) is 0 Å². The molecule has 0 saturated carbocycles. The topological polar surface area (TPSA) is 61.8 Å². The summed E-state index contributed by atoms with van der Waals surface area (Å²) in [6, 6.07) is 1.85. The highest BCUT2D eigenvalue weighted by molar-refractivity contribution is 5.81. The number of nitrogens with zero attached hydrogens (tertiary/aromatic N) is 5. The number of morpholine rings is 1. The SMILES string of the molecule is CN(C)C(=O)C1CN(c2nccc(N(C)C)n2)CCO1. The number of aromatic nitrogens is 2. The molecule has 1 aromatic rings. The van der Waals surface area contributed by atoms with Crippen molar-refractivity contribution in [2.24, 2.45) is 0 Å². The van der Waals surface area contributed by atoms with Crippen molar-refractivity contribution in [1.29, 1.82) is 0 Å². The maximum Gasteiger partial charge on any atom is 0.253 e. The monoisotopic (exact) mass is 279 g/mol. The molecule has 0 N–H and O–H groups in total. The first-order valence-corrected chi connectivity index (χ1v) is 6.57. The fourth-order valence-corrected chi connectivity index (χ4v) is 2.01. The molecule has 1 atom stereocenters. The number of likely N-dealkylation sites (N-methyl/N-ethyl adjacent to an activating group) is 1. The third-order valence-corrected chi connectivity index (χ3v) is 3.15. The van der Waals surface area contributed by atoms with Gasteiger partial charge < -0.3 is 19.4 Å². The van der Waals surface area contributed by atoms with Gasteiger partial charge in [-0.15, -0.1) is 0 Å². The van der Waals surface area contributed by atoms with Gasteiger partial charge in [0.2, 0.25) is 5.95 Å². The molecule has 2 rings (SSSR count). The fourth-order valence-electron chi connectivity index (χ4n) is 2.01. The average molecular weight is 279 g/mol. The predicted molar refractivity (Wildman–Crippen MR) is 77.0 cm³/mol. The molecule has 1 fully saturated rings. The summed E-state index contributed by atoms with van der Waals surface area (Å²) in [5.41, 5.74) is 0. The first-order chi connectivity index (χ1) is 9.49. The molecular formula is C13H21N5O2. The van der Waals surface area contributed by atoms with Gasteiger partial charge in [-0.2, -0.15) is 4.98 Å². The van der Waals surface area contributed by atoms with Crippen molar-refractivity contribution in [3.05, 3.63) is 12.3 Å². The summed E-state index contributed by atoms with van der Waals surface area (Å²) in [6.45, 7) is 1.67. The van der Waals surface area contributed by atoms with Crippen molar-refractivity contribution in [3.63, 3.8) is 0 Å². The van der Waals surface area contributed by atoms with Gasteiger partial charge in [0.05, 0.1) is 13.2 Å². The molecule has 1 saturated heterocycles. The molecule has 0 radical (unpaired) electrons. The molecule has 0 spiro atoms. The smallest absolute Gasteiger partial charge is 0.253 e. The van der Waals surface area contributed by atoms with Crippen LogP contribution in [-0.4, -0.2) is 74.8 Å². The minimum atomic E-state index is -0.453. The minimum Gasteiger partial charge on any atom is -0.365 e. The van der Waals surface area contributed by atoms with E-state index in [1.807, 2.05) is 30.0 Å². The number of hydrogen-bond donors (Lipinski definition) is 0.